The molecule has 1 rings (SSSR count). The molecule has 0 N–H and O–H groups in total. The second-order valence-electron chi connectivity index (χ2n) is 4.74. The van der Waals surface area contributed by atoms with Crippen LogP contribution in [0, 0.1) is 23.7 Å². The average molecular weight is 203 g/mol. The van der Waals surface area contributed by atoms with Gasteiger partial charge in [-0.15, -0.1) is 0 Å². The molecule has 0 radical (unpaired) electrons. The molecule has 0 aromatic heterocycles. The molecule has 0 heterocycles. The van der Waals surface area contributed by atoms with Crippen molar-refractivity contribution in [3.05, 3.63) is 0 Å². The Morgan fingerprint density at radius 1 is 1.38 bits per heavy atom. The van der Waals surface area contributed by atoms with E-state index in [2.05, 4.69) is 20.8 Å². The summed E-state index contributed by atoms with van der Waals surface area (Å²) in [4.78, 5) is 11.2. The highest BCUT2D eigenvalue weighted by molar-refractivity contribution is 6.64. The van der Waals surface area contributed by atoms with Crippen LogP contribution in [0.2, 0.25) is 0 Å². The SMILES string of the molecule is CC(C)C1CC[C@@H](C)C[C@@H]1C(=O)Cl. The summed E-state index contributed by atoms with van der Waals surface area (Å²) in [6.07, 6.45) is 3.41. The molecule has 1 fully saturated rings. The number of carbonyl (C=O) groups is 1. The average Bonchev–Trinajstić information content (AvgIpc) is 2.03. The van der Waals surface area contributed by atoms with Gasteiger partial charge in [0.05, 0.1) is 0 Å². The smallest absolute Gasteiger partial charge is 0.225 e. The van der Waals surface area contributed by atoms with Gasteiger partial charge >= 0.3 is 0 Å². The summed E-state index contributed by atoms with van der Waals surface area (Å²) in [7, 11) is 0. The van der Waals surface area contributed by atoms with E-state index in [-0.39, 0.29) is 11.2 Å². The van der Waals surface area contributed by atoms with E-state index < -0.39 is 0 Å². The predicted molar refractivity (Wildman–Crippen MR) is 55.7 cm³/mol. The quantitative estimate of drug-likeness (QED) is 0.627. The molecule has 1 saturated carbocycles. The van der Waals surface area contributed by atoms with Crippen LogP contribution in [0.25, 0.3) is 0 Å². The van der Waals surface area contributed by atoms with Crippen molar-refractivity contribution < 1.29 is 4.79 Å². The number of hydrogen-bond donors (Lipinski definition) is 0. The van der Waals surface area contributed by atoms with Crippen molar-refractivity contribution in [2.45, 2.75) is 40.0 Å². The van der Waals surface area contributed by atoms with E-state index in [4.69, 9.17) is 11.6 Å². The third kappa shape index (κ3) is 2.70. The fourth-order valence-electron chi connectivity index (χ4n) is 2.46. The normalized spacial score (nSPS) is 35.0. The van der Waals surface area contributed by atoms with Gasteiger partial charge < -0.3 is 0 Å². The Morgan fingerprint density at radius 3 is 2.46 bits per heavy atom. The highest BCUT2D eigenvalue weighted by atomic mass is 35.5. The maximum absolute atomic E-state index is 11.2. The van der Waals surface area contributed by atoms with Crippen molar-refractivity contribution >= 4 is 16.8 Å². The predicted octanol–water partition coefficient (Wildman–Crippen LogP) is 3.46. The molecule has 0 amide bonds. The molecule has 13 heavy (non-hydrogen) atoms. The van der Waals surface area contributed by atoms with Crippen molar-refractivity contribution in [1.29, 1.82) is 0 Å². The maximum Gasteiger partial charge on any atom is 0.225 e. The van der Waals surface area contributed by atoms with Gasteiger partial charge in [-0.1, -0.05) is 27.2 Å². The lowest BCUT2D eigenvalue weighted by Crippen LogP contribution is -2.31. The first-order chi connectivity index (χ1) is 6.02. The molecule has 0 aromatic carbocycles. The van der Waals surface area contributed by atoms with Crippen molar-refractivity contribution in [2.24, 2.45) is 23.7 Å². The number of hydrogen-bond acceptors (Lipinski definition) is 1. The fraction of sp³-hybridized carbons (Fsp3) is 0.909. The first kappa shape index (κ1) is 11.0. The molecule has 76 valence electrons. The summed E-state index contributed by atoms with van der Waals surface area (Å²) in [5.41, 5.74) is 0. The standard InChI is InChI=1S/C11H19ClO/c1-7(2)9-5-4-8(3)6-10(9)11(12)13/h7-10H,4-6H2,1-3H3/t8-,9?,10+/m1/s1. The Labute approximate surface area is 85.8 Å². The van der Waals surface area contributed by atoms with Gasteiger partial charge in [0, 0.05) is 5.92 Å². The largest absolute Gasteiger partial charge is 0.281 e. The lowest BCUT2D eigenvalue weighted by Gasteiger charge is -2.35. The van der Waals surface area contributed by atoms with Crippen LogP contribution in [-0.4, -0.2) is 5.24 Å². The first-order valence-corrected chi connectivity index (χ1v) is 5.59. The monoisotopic (exact) mass is 202 g/mol. The van der Waals surface area contributed by atoms with E-state index in [9.17, 15) is 4.79 Å². The number of halogens is 1. The molecular weight excluding hydrogens is 184 g/mol. The van der Waals surface area contributed by atoms with E-state index >= 15 is 0 Å². The highest BCUT2D eigenvalue weighted by Gasteiger charge is 2.34. The molecule has 0 bridgehead atoms. The Bertz CT molecular complexity index is 189. The lowest BCUT2D eigenvalue weighted by molar-refractivity contribution is -0.119. The summed E-state index contributed by atoms with van der Waals surface area (Å²) in [6, 6.07) is 0. The minimum atomic E-state index is -0.120. The molecule has 1 unspecified atom stereocenters. The van der Waals surface area contributed by atoms with Crippen molar-refractivity contribution in [3.63, 3.8) is 0 Å². The molecular formula is C11H19ClO. The molecule has 0 aliphatic heterocycles. The topological polar surface area (TPSA) is 17.1 Å². The van der Waals surface area contributed by atoms with Gasteiger partial charge in [-0.25, -0.2) is 0 Å². The highest BCUT2D eigenvalue weighted by Crippen LogP contribution is 2.38. The Kier molecular flexibility index (Phi) is 3.78. The van der Waals surface area contributed by atoms with Crippen LogP contribution in [0.4, 0.5) is 0 Å². The summed E-state index contributed by atoms with van der Waals surface area (Å²) >= 11 is 5.62. The van der Waals surface area contributed by atoms with Crippen LogP contribution in [-0.2, 0) is 4.79 Å². The van der Waals surface area contributed by atoms with Crippen LogP contribution in [0.5, 0.6) is 0 Å². The first-order valence-electron chi connectivity index (χ1n) is 5.21. The zero-order valence-electron chi connectivity index (χ0n) is 8.72. The molecule has 1 aliphatic carbocycles. The summed E-state index contributed by atoms with van der Waals surface area (Å²) in [5, 5.41) is -0.120. The van der Waals surface area contributed by atoms with Crippen molar-refractivity contribution in [2.75, 3.05) is 0 Å². The van der Waals surface area contributed by atoms with Crippen LogP contribution in [0.3, 0.4) is 0 Å². The summed E-state index contributed by atoms with van der Waals surface area (Å²) in [5.74, 6) is 1.88. The lowest BCUT2D eigenvalue weighted by atomic mass is 9.71. The molecule has 0 aromatic rings. The van der Waals surface area contributed by atoms with Gasteiger partial charge in [0.2, 0.25) is 5.24 Å². The van der Waals surface area contributed by atoms with Gasteiger partial charge in [0.25, 0.3) is 0 Å². The molecule has 3 atom stereocenters. The van der Waals surface area contributed by atoms with E-state index in [1.165, 1.54) is 12.8 Å². The van der Waals surface area contributed by atoms with Crippen LogP contribution in [0.1, 0.15) is 40.0 Å². The molecule has 0 saturated heterocycles. The van der Waals surface area contributed by atoms with Gasteiger partial charge in [-0.3, -0.25) is 4.79 Å². The van der Waals surface area contributed by atoms with E-state index in [0.717, 1.165) is 6.42 Å². The van der Waals surface area contributed by atoms with Crippen molar-refractivity contribution in [1.82, 2.24) is 0 Å². The molecule has 1 aliphatic rings. The zero-order chi connectivity index (χ0) is 10.0. The minimum Gasteiger partial charge on any atom is -0.281 e. The molecule has 0 spiro atoms. The maximum atomic E-state index is 11.2. The van der Waals surface area contributed by atoms with E-state index in [1.54, 1.807) is 0 Å². The third-order valence-electron chi connectivity index (χ3n) is 3.31. The minimum absolute atomic E-state index is 0.116. The zero-order valence-corrected chi connectivity index (χ0v) is 9.47. The van der Waals surface area contributed by atoms with Crippen LogP contribution >= 0.6 is 11.6 Å². The molecule has 2 heteroatoms. The van der Waals surface area contributed by atoms with Crippen LogP contribution in [0.15, 0.2) is 0 Å². The summed E-state index contributed by atoms with van der Waals surface area (Å²) < 4.78 is 0. The van der Waals surface area contributed by atoms with Crippen molar-refractivity contribution in [3.8, 4) is 0 Å². The van der Waals surface area contributed by atoms with Gasteiger partial charge in [-0.2, -0.15) is 0 Å². The second kappa shape index (κ2) is 4.45. The number of rotatable bonds is 2. The fourth-order valence-corrected chi connectivity index (χ4v) is 2.71. The summed E-state index contributed by atoms with van der Waals surface area (Å²) in [6.45, 7) is 6.59. The second-order valence-corrected chi connectivity index (χ2v) is 5.11. The van der Waals surface area contributed by atoms with Gasteiger partial charge in [-0.05, 0) is 42.2 Å². The Hall–Kier alpha value is -0.0400. The Morgan fingerprint density at radius 2 is 2.00 bits per heavy atom. The van der Waals surface area contributed by atoms with Gasteiger partial charge in [0.15, 0.2) is 0 Å². The Balaban J connectivity index is 2.66. The number of carbonyl (C=O) groups excluding carboxylic acids is 1. The van der Waals surface area contributed by atoms with E-state index in [0.29, 0.717) is 17.8 Å². The van der Waals surface area contributed by atoms with Crippen LogP contribution < -0.4 is 0 Å². The van der Waals surface area contributed by atoms with Gasteiger partial charge in [0.1, 0.15) is 0 Å². The molecule has 1 nitrogen and oxygen atoms in total. The third-order valence-corrected chi connectivity index (χ3v) is 3.59. The van der Waals surface area contributed by atoms with E-state index in [1.807, 2.05) is 0 Å².